The third-order valence-corrected chi connectivity index (χ3v) is 7.54. The van der Waals surface area contributed by atoms with Crippen molar-refractivity contribution < 1.29 is 14.3 Å². The van der Waals surface area contributed by atoms with Gasteiger partial charge in [0, 0.05) is 37.8 Å². The molecule has 1 aromatic heterocycles. The summed E-state index contributed by atoms with van der Waals surface area (Å²) in [6.07, 6.45) is 0.766. The summed E-state index contributed by atoms with van der Waals surface area (Å²) in [6.45, 7) is 8.99. The topological polar surface area (TPSA) is 80.6 Å². The smallest absolute Gasteiger partial charge is 0.232 e. The number of benzene rings is 2. The largest absolute Gasteiger partial charge is 0.378 e. The molecule has 35 heavy (non-hydrogen) atoms. The van der Waals surface area contributed by atoms with Crippen LogP contribution in [0.25, 0.3) is 5.69 Å². The minimum Gasteiger partial charge on any atom is -0.378 e. The molecule has 182 valence electrons. The van der Waals surface area contributed by atoms with E-state index in [1.807, 2.05) is 29.7 Å². The molecule has 0 saturated carbocycles. The molecule has 0 aliphatic carbocycles. The fraction of sp³-hybridized carbons (Fsp3) is 0.385. The number of nitrogens with zero attached hydrogens (tertiary/aromatic N) is 5. The summed E-state index contributed by atoms with van der Waals surface area (Å²) in [7, 11) is 0. The molecule has 1 fully saturated rings. The average Bonchev–Trinajstić information content (AvgIpc) is 3.48. The van der Waals surface area contributed by atoms with Crippen molar-refractivity contribution in [1.82, 2.24) is 14.8 Å². The van der Waals surface area contributed by atoms with Crippen molar-refractivity contribution in [2.75, 3.05) is 42.6 Å². The minimum absolute atomic E-state index is 0.0262. The van der Waals surface area contributed by atoms with E-state index in [1.165, 1.54) is 17.3 Å². The van der Waals surface area contributed by atoms with Crippen molar-refractivity contribution in [3.63, 3.8) is 0 Å². The van der Waals surface area contributed by atoms with Crippen LogP contribution in [0.4, 0.5) is 11.6 Å². The number of ether oxygens (including phenoxy) is 1. The molecule has 0 spiro atoms. The van der Waals surface area contributed by atoms with Gasteiger partial charge in [0.15, 0.2) is 10.9 Å². The summed E-state index contributed by atoms with van der Waals surface area (Å²) in [6, 6.07) is 13.9. The number of rotatable bonds is 6. The highest BCUT2D eigenvalue weighted by molar-refractivity contribution is 8.00. The molecule has 1 saturated heterocycles. The predicted molar refractivity (Wildman–Crippen MR) is 137 cm³/mol. The SMILES string of the molecule is CC(=O)N1CCc2cc(C(=O)[C@H](C)Sc3nnc(N4CCOCC4)n3-c3ccc(C)cc3)ccc21. The van der Waals surface area contributed by atoms with Gasteiger partial charge in [-0.1, -0.05) is 29.5 Å². The van der Waals surface area contributed by atoms with Gasteiger partial charge in [0.25, 0.3) is 0 Å². The summed E-state index contributed by atoms with van der Waals surface area (Å²) in [5.74, 6) is 0.824. The molecule has 2 aliphatic heterocycles. The minimum atomic E-state index is -0.357. The number of anilines is 2. The highest BCUT2D eigenvalue weighted by atomic mass is 32.2. The fourth-order valence-corrected chi connectivity index (χ4v) is 5.49. The number of Topliss-reactive ketones (excluding diaryl/α,β-unsaturated/α-hetero) is 1. The number of hydrogen-bond acceptors (Lipinski definition) is 7. The van der Waals surface area contributed by atoms with Gasteiger partial charge in [0.1, 0.15) is 0 Å². The molecule has 0 radical (unpaired) electrons. The van der Waals surface area contributed by atoms with E-state index in [0.717, 1.165) is 42.4 Å². The van der Waals surface area contributed by atoms with Gasteiger partial charge in [-0.05, 0) is 56.2 Å². The quantitative estimate of drug-likeness (QED) is 0.384. The zero-order valence-corrected chi connectivity index (χ0v) is 21.0. The number of carbonyl (C=O) groups is 2. The Bertz CT molecular complexity index is 1250. The molecule has 2 aliphatic rings. The van der Waals surface area contributed by atoms with Crippen molar-refractivity contribution in [2.45, 2.75) is 37.6 Å². The van der Waals surface area contributed by atoms with Crippen LogP contribution in [0, 0.1) is 6.92 Å². The van der Waals surface area contributed by atoms with Gasteiger partial charge in [-0.2, -0.15) is 0 Å². The maximum atomic E-state index is 13.4. The molecule has 1 atom stereocenters. The van der Waals surface area contributed by atoms with Crippen LogP contribution in [-0.4, -0.2) is 64.6 Å². The second kappa shape index (κ2) is 9.83. The van der Waals surface area contributed by atoms with Crippen LogP contribution < -0.4 is 9.80 Å². The Kier molecular flexibility index (Phi) is 6.62. The van der Waals surface area contributed by atoms with Crippen LogP contribution in [0.15, 0.2) is 47.6 Å². The molecule has 3 aromatic rings. The van der Waals surface area contributed by atoms with Gasteiger partial charge in [-0.25, -0.2) is 0 Å². The normalized spacial score (nSPS) is 16.3. The number of amides is 1. The molecular formula is C26H29N5O3S. The highest BCUT2D eigenvalue weighted by Gasteiger charge is 2.27. The zero-order valence-electron chi connectivity index (χ0n) is 20.2. The lowest BCUT2D eigenvalue weighted by atomic mass is 10.0. The van der Waals surface area contributed by atoms with Crippen LogP contribution >= 0.6 is 11.8 Å². The van der Waals surface area contributed by atoms with Gasteiger partial charge in [0.2, 0.25) is 11.9 Å². The van der Waals surface area contributed by atoms with Gasteiger partial charge < -0.3 is 14.5 Å². The average molecular weight is 492 g/mol. The molecular weight excluding hydrogens is 462 g/mol. The van der Waals surface area contributed by atoms with Gasteiger partial charge in [-0.3, -0.25) is 14.2 Å². The first-order valence-electron chi connectivity index (χ1n) is 11.9. The molecule has 9 heteroatoms. The molecule has 0 unspecified atom stereocenters. The first-order chi connectivity index (χ1) is 16.9. The summed E-state index contributed by atoms with van der Waals surface area (Å²) in [5, 5.41) is 9.32. The number of morpholine rings is 1. The van der Waals surface area contributed by atoms with Gasteiger partial charge in [0.05, 0.1) is 24.2 Å². The summed E-state index contributed by atoms with van der Waals surface area (Å²) in [4.78, 5) is 29.2. The zero-order chi connectivity index (χ0) is 24.5. The molecule has 5 rings (SSSR count). The Morgan fingerprint density at radius 3 is 2.49 bits per heavy atom. The van der Waals surface area contributed by atoms with E-state index in [2.05, 4.69) is 46.3 Å². The number of carbonyl (C=O) groups excluding carboxylic acids is 2. The number of thioether (sulfide) groups is 1. The van der Waals surface area contributed by atoms with Crippen LogP contribution in [0.2, 0.25) is 0 Å². The fourth-order valence-electron chi connectivity index (χ4n) is 4.55. The number of fused-ring (bicyclic) bond motifs is 1. The van der Waals surface area contributed by atoms with Crippen LogP contribution in [-0.2, 0) is 16.0 Å². The lowest BCUT2D eigenvalue weighted by Gasteiger charge is -2.28. The van der Waals surface area contributed by atoms with Crippen molar-refractivity contribution in [1.29, 1.82) is 0 Å². The van der Waals surface area contributed by atoms with Gasteiger partial charge >= 0.3 is 0 Å². The Balaban J connectivity index is 1.41. The molecule has 8 nitrogen and oxygen atoms in total. The van der Waals surface area contributed by atoms with Crippen molar-refractivity contribution in [2.24, 2.45) is 0 Å². The first kappa shape index (κ1) is 23.6. The maximum absolute atomic E-state index is 13.4. The first-order valence-corrected chi connectivity index (χ1v) is 12.8. The second-order valence-corrected chi connectivity index (χ2v) is 10.2. The van der Waals surface area contributed by atoms with E-state index in [1.54, 1.807) is 11.8 Å². The van der Waals surface area contributed by atoms with Crippen LogP contribution in [0.5, 0.6) is 0 Å². The van der Waals surface area contributed by atoms with E-state index in [-0.39, 0.29) is 16.9 Å². The Labute approximate surface area is 209 Å². The summed E-state index contributed by atoms with van der Waals surface area (Å²) in [5.41, 5.74) is 4.74. The molecule has 3 heterocycles. The third kappa shape index (κ3) is 4.70. The summed E-state index contributed by atoms with van der Waals surface area (Å²) >= 11 is 1.41. The third-order valence-electron chi connectivity index (χ3n) is 6.49. The Hall–Kier alpha value is -3.17. The van der Waals surface area contributed by atoms with E-state index in [0.29, 0.717) is 30.5 Å². The Morgan fingerprint density at radius 1 is 1.03 bits per heavy atom. The van der Waals surface area contributed by atoms with Crippen LogP contribution in [0.3, 0.4) is 0 Å². The van der Waals surface area contributed by atoms with Crippen molar-refractivity contribution >= 4 is 35.1 Å². The predicted octanol–water partition coefficient (Wildman–Crippen LogP) is 3.68. The van der Waals surface area contributed by atoms with E-state index in [9.17, 15) is 9.59 Å². The Morgan fingerprint density at radius 2 is 1.77 bits per heavy atom. The number of ketones is 1. The molecule has 0 bridgehead atoms. The molecule has 0 N–H and O–H groups in total. The molecule has 1 amide bonds. The lowest BCUT2D eigenvalue weighted by Crippen LogP contribution is -2.37. The number of aromatic nitrogens is 3. The maximum Gasteiger partial charge on any atom is 0.232 e. The number of hydrogen-bond donors (Lipinski definition) is 0. The number of aryl methyl sites for hydroxylation is 1. The monoisotopic (exact) mass is 491 g/mol. The molecule has 2 aromatic carbocycles. The van der Waals surface area contributed by atoms with Crippen molar-refractivity contribution in [3.8, 4) is 5.69 Å². The van der Waals surface area contributed by atoms with Crippen LogP contribution in [0.1, 0.15) is 35.3 Å². The lowest BCUT2D eigenvalue weighted by molar-refractivity contribution is -0.116. The van der Waals surface area contributed by atoms with Gasteiger partial charge in [-0.15, -0.1) is 10.2 Å². The summed E-state index contributed by atoms with van der Waals surface area (Å²) < 4.78 is 7.55. The van der Waals surface area contributed by atoms with E-state index < -0.39 is 0 Å². The highest BCUT2D eigenvalue weighted by Crippen LogP contribution is 2.33. The van der Waals surface area contributed by atoms with E-state index >= 15 is 0 Å². The van der Waals surface area contributed by atoms with Crippen molar-refractivity contribution in [3.05, 3.63) is 59.2 Å². The second-order valence-electron chi connectivity index (χ2n) is 8.94. The standard InChI is InChI=1S/C26H29N5O3S/c1-17-4-7-22(8-5-17)31-25(29-12-14-34-15-13-29)27-28-26(31)35-18(2)24(33)21-6-9-23-20(16-21)10-11-30(23)19(3)32/h4-9,16,18H,10-15H2,1-3H3/t18-/m0/s1. The van der Waals surface area contributed by atoms with E-state index in [4.69, 9.17) is 4.74 Å².